The Balaban J connectivity index is 0.000000107. The minimum Gasteiger partial charge on any atom is -0.378 e. The monoisotopic (exact) mass is 225 g/mol. The number of hydrogen-bond acceptors (Lipinski definition) is 4. The van der Waals surface area contributed by atoms with E-state index >= 15 is 0 Å². The topological polar surface area (TPSA) is 66.5 Å². The van der Waals surface area contributed by atoms with Crippen LogP contribution in [0.15, 0.2) is 42.6 Å². The molecule has 0 amide bonds. The average molecular weight is 225 g/mol. The first kappa shape index (κ1) is 9.77. The van der Waals surface area contributed by atoms with Crippen LogP contribution in [0, 0.1) is 0 Å². The molecule has 84 valence electrons. The number of rotatable bonds is 0. The lowest BCUT2D eigenvalue weighted by Gasteiger charge is -2.18. The van der Waals surface area contributed by atoms with Crippen LogP contribution in [0.3, 0.4) is 0 Å². The van der Waals surface area contributed by atoms with Crippen LogP contribution in [0.4, 0.5) is 5.69 Å². The van der Waals surface area contributed by atoms with E-state index in [1.54, 1.807) is 0 Å². The zero-order chi connectivity index (χ0) is 11.5. The lowest BCUT2D eigenvalue weighted by molar-refractivity contribution is 0.959. The Hall–Kier alpha value is -2.43. The molecule has 17 heavy (non-hydrogen) atoms. The fourth-order valence-corrected chi connectivity index (χ4v) is 1.60. The molecule has 1 aromatic carbocycles. The van der Waals surface area contributed by atoms with Gasteiger partial charge in [0.2, 0.25) is 0 Å². The maximum atomic E-state index is 4.10. The Kier molecular flexibility index (Phi) is 2.42. The number of H-pyrrole nitrogens is 1. The third-order valence-electron chi connectivity index (χ3n) is 2.56. The van der Waals surface area contributed by atoms with Crippen LogP contribution in [-0.2, 0) is 6.54 Å². The molecule has 2 N–H and O–H groups in total. The second-order valence-corrected chi connectivity index (χ2v) is 3.66. The van der Waals surface area contributed by atoms with E-state index in [1.165, 1.54) is 11.4 Å². The van der Waals surface area contributed by atoms with Gasteiger partial charge in [0.15, 0.2) is 0 Å². The molecule has 0 bridgehead atoms. The summed E-state index contributed by atoms with van der Waals surface area (Å²) in [6.07, 6.45) is 1.82. The van der Waals surface area contributed by atoms with Crippen molar-refractivity contribution in [3.63, 3.8) is 0 Å². The second kappa shape index (κ2) is 4.21. The van der Waals surface area contributed by atoms with Crippen molar-refractivity contribution >= 4 is 16.7 Å². The highest BCUT2D eigenvalue weighted by atomic mass is 15.3. The van der Waals surface area contributed by atoms with Gasteiger partial charge >= 0.3 is 0 Å². The zero-order valence-corrected chi connectivity index (χ0v) is 9.09. The first-order chi connectivity index (χ1) is 8.43. The molecule has 3 aromatic rings. The van der Waals surface area contributed by atoms with Crippen LogP contribution in [0.5, 0.6) is 0 Å². The molecular formula is C12H11N5. The number of aromatic nitrogens is 4. The van der Waals surface area contributed by atoms with E-state index in [4.69, 9.17) is 0 Å². The number of benzene rings is 1. The number of aromatic amines is 1. The highest BCUT2D eigenvalue weighted by Gasteiger charge is 2.09. The number of pyridine rings is 1. The van der Waals surface area contributed by atoms with Gasteiger partial charge in [-0.2, -0.15) is 15.4 Å². The van der Waals surface area contributed by atoms with Crippen LogP contribution in [0.1, 0.15) is 5.69 Å². The summed E-state index contributed by atoms with van der Waals surface area (Å²) in [6.45, 7) is 0.941. The lowest BCUT2D eigenvalue weighted by Crippen LogP contribution is -2.14. The summed E-state index contributed by atoms with van der Waals surface area (Å²) in [7, 11) is 0. The minimum atomic E-state index is 0.914. The van der Waals surface area contributed by atoms with Crippen molar-refractivity contribution in [1.82, 2.24) is 20.4 Å². The summed E-state index contributed by atoms with van der Waals surface area (Å²) in [6, 6.07) is 11.7. The Morgan fingerprint density at radius 3 is 2.18 bits per heavy atom. The predicted octanol–water partition coefficient (Wildman–Crippen LogP) is 1.96. The Morgan fingerprint density at radius 2 is 1.71 bits per heavy atom. The van der Waals surface area contributed by atoms with E-state index in [1.807, 2.05) is 42.6 Å². The van der Waals surface area contributed by atoms with Gasteiger partial charge in [-0.15, -0.1) is 0 Å². The smallest absolute Gasteiger partial charge is 0.112 e. The normalized spacial score (nSPS) is 11.8. The van der Waals surface area contributed by atoms with E-state index in [9.17, 15) is 0 Å². The van der Waals surface area contributed by atoms with Crippen LogP contribution in [0.2, 0.25) is 0 Å². The molecule has 3 heterocycles. The molecule has 0 unspecified atom stereocenters. The van der Waals surface area contributed by atoms with Crippen molar-refractivity contribution in [2.45, 2.75) is 6.54 Å². The van der Waals surface area contributed by atoms with Gasteiger partial charge in [0.05, 0.1) is 17.9 Å². The second-order valence-electron chi connectivity index (χ2n) is 3.66. The van der Waals surface area contributed by atoms with Gasteiger partial charge in [0.1, 0.15) is 11.0 Å². The van der Waals surface area contributed by atoms with E-state index in [-0.39, 0.29) is 0 Å². The fourth-order valence-electron chi connectivity index (χ4n) is 1.60. The highest BCUT2D eigenvalue weighted by Crippen LogP contribution is 2.20. The van der Waals surface area contributed by atoms with E-state index in [2.05, 4.69) is 25.7 Å². The molecule has 1 aliphatic rings. The van der Waals surface area contributed by atoms with Crippen molar-refractivity contribution in [3.05, 3.63) is 48.3 Å². The molecule has 0 saturated heterocycles. The SMILES string of the molecule is c1ccc2n[nH]nc2c1.c1cnc2c(c1)NC2. The summed E-state index contributed by atoms with van der Waals surface area (Å²) in [5.74, 6) is 0. The molecular weight excluding hydrogens is 214 g/mol. The zero-order valence-electron chi connectivity index (χ0n) is 9.09. The first-order valence-corrected chi connectivity index (χ1v) is 5.37. The maximum Gasteiger partial charge on any atom is 0.112 e. The molecule has 0 fully saturated rings. The van der Waals surface area contributed by atoms with Crippen LogP contribution in [0.25, 0.3) is 11.0 Å². The third-order valence-corrected chi connectivity index (χ3v) is 2.56. The maximum absolute atomic E-state index is 4.10. The van der Waals surface area contributed by atoms with E-state index in [0.717, 1.165) is 17.6 Å². The molecule has 5 nitrogen and oxygen atoms in total. The van der Waals surface area contributed by atoms with Crippen molar-refractivity contribution in [2.24, 2.45) is 0 Å². The largest absolute Gasteiger partial charge is 0.378 e. The summed E-state index contributed by atoms with van der Waals surface area (Å²) in [5.41, 5.74) is 4.20. The van der Waals surface area contributed by atoms with Crippen LogP contribution >= 0.6 is 0 Å². The molecule has 0 radical (unpaired) electrons. The van der Waals surface area contributed by atoms with Crippen molar-refractivity contribution < 1.29 is 0 Å². The number of fused-ring (bicyclic) bond motifs is 2. The van der Waals surface area contributed by atoms with Crippen LogP contribution < -0.4 is 5.32 Å². The van der Waals surface area contributed by atoms with Gasteiger partial charge in [-0.3, -0.25) is 4.98 Å². The molecule has 0 spiro atoms. The Bertz CT molecular complexity index is 578. The van der Waals surface area contributed by atoms with Crippen molar-refractivity contribution in [1.29, 1.82) is 0 Å². The van der Waals surface area contributed by atoms with E-state index < -0.39 is 0 Å². The standard InChI is InChI=1S/C6H5N3.C6H6N2/c1-2-4-6-5(3-1)7-9-8-6;1-2-5-6(4-8-5)7-3-1/h1-4H,(H,7,8,9);1-3,8H,4H2. The summed E-state index contributed by atoms with van der Waals surface area (Å²) in [5, 5.41) is 13.4. The van der Waals surface area contributed by atoms with Gasteiger partial charge in [-0.25, -0.2) is 0 Å². The molecule has 0 aliphatic carbocycles. The number of para-hydroxylation sites is 2. The summed E-state index contributed by atoms with van der Waals surface area (Å²) >= 11 is 0. The highest BCUT2D eigenvalue weighted by molar-refractivity contribution is 5.72. The molecule has 2 aromatic heterocycles. The van der Waals surface area contributed by atoms with Crippen LogP contribution in [-0.4, -0.2) is 20.4 Å². The number of nitrogens with zero attached hydrogens (tertiary/aromatic N) is 3. The van der Waals surface area contributed by atoms with Crippen molar-refractivity contribution in [2.75, 3.05) is 5.32 Å². The molecule has 4 rings (SSSR count). The molecule has 5 heteroatoms. The number of anilines is 1. The summed E-state index contributed by atoms with van der Waals surface area (Å²) in [4.78, 5) is 4.10. The quantitative estimate of drug-likeness (QED) is 0.613. The predicted molar refractivity (Wildman–Crippen MR) is 65.5 cm³/mol. The van der Waals surface area contributed by atoms with Gasteiger partial charge in [0.25, 0.3) is 0 Å². The Labute approximate surface area is 97.9 Å². The molecule has 1 aliphatic heterocycles. The van der Waals surface area contributed by atoms with Gasteiger partial charge in [0, 0.05) is 6.20 Å². The molecule has 0 atom stereocenters. The lowest BCUT2D eigenvalue weighted by atomic mass is 10.2. The fraction of sp³-hybridized carbons (Fsp3) is 0.0833. The average Bonchev–Trinajstić information content (AvgIpc) is 2.80. The van der Waals surface area contributed by atoms with Gasteiger partial charge in [-0.1, -0.05) is 12.1 Å². The summed E-state index contributed by atoms with van der Waals surface area (Å²) < 4.78 is 0. The minimum absolute atomic E-state index is 0.914. The first-order valence-electron chi connectivity index (χ1n) is 5.37. The number of hydrogen-bond donors (Lipinski definition) is 2. The van der Waals surface area contributed by atoms with E-state index in [0.29, 0.717) is 0 Å². The molecule has 0 saturated carbocycles. The van der Waals surface area contributed by atoms with Crippen molar-refractivity contribution in [3.8, 4) is 0 Å². The number of nitrogens with one attached hydrogen (secondary N) is 2. The Morgan fingerprint density at radius 1 is 0.941 bits per heavy atom. The van der Waals surface area contributed by atoms with Gasteiger partial charge in [-0.05, 0) is 24.3 Å². The third kappa shape index (κ3) is 1.94. The van der Waals surface area contributed by atoms with Gasteiger partial charge < -0.3 is 5.32 Å².